The Kier molecular flexibility index (Phi) is 6.10. The zero-order chi connectivity index (χ0) is 24.4. The van der Waals surface area contributed by atoms with Gasteiger partial charge in [0.1, 0.15) is 11.5 Å². The third-order valence-electron chi connectivity index (χ3n) is 5.92. The molecule has 0 saturated heterocycles. The van der Waals surface area contributed by atoms with Crippen molar-refractivity contribution in [3.8, 4) is 11.5 Å². The van der Waals surface area contributed by atoms with Crippen molar-refractivity contribution >= 4 is 33.5 Å². The Morgan fingerprint density at radius 2 is 1.86 bits per heavy atom. The Morgan fingerprint density at radius 3 is 2.63 bits per heavy atom. The highest BCUT2D eigenvalue weighted by Crippen LogP contribution is 2.23. The van der Waals surface area contributed by atoms with Gasteiger partial charge in [0.2, 0.25) is 0 Å². The molecule has 8 nitrogen and oxygen atoms in total. The van der Waals surface area contributed by atoms with Crippen LogP contribution >= 0.6 is 0 Å². The van der Waals surface area contributed by atoms with Crippen LogP contribution in [0.4, 0.5) is 0 Å². The zero-order valence-electron chi connectivity index (χ0n) is 19.6. The summed E-state index contributed by atoms with van der Waals surface area (Å²) < 4.78 is 0. The third kappa shape index (κ3) is 4.96. The summed E-state index contributed by atoms with van der Waals surface area (Å²) in [7, 11) is 0. The van der Waals surface area contributed by atoms with E-state index in [0.29, 0.717) is 23.6 Å². The number of pyridine rings is 1. The van der Waals surface area contributed by atoms with Crippen LogP contribution in [-0.2, 0) is 11.2 Å². The average molecular weight is 467 g/mol. The number of carbonyl (C=O) groups is 2. The summed E-state index contributed by atoms with van der Waals surface area (Å²) in [6, 6.07) is 14.7. The van der Waals surface area contributed by atoms with Crippen molar-refractivity contribution in [2.24, 2.45) is 5.92 Å². The standard InChI is InChI=1S/C27H26N6O2/c1-16(2)11-22(24(34)14-25-28-9-10-29-25)33-27(35)18-7-8-20-21(13-18)32-26(31-20)23-12-17-5-3-4-6-19(17)15-30-23/h3-10,12-13,15-16,22H,11,14H2,1-2H3,(H,28,29)(H,31,32)(H,33,35)/t22-/m0/s1. The van der Waals surface area contributed by atoms with Gasteiger partial charge in [-0.3, -0.25) is 14.6 Å². The number of Topliss-reactive ketones (excluding diaryl/α,β-unsaturated/α-hetero) is 1. The van der Waals surface area contributed by atoms with Crippen LogP contribution in [0, 0.1) is 5.92 Å². The molecule has 176 valence electrons. The number of benzene rings is 2. The first-order chi connectivity index (χ1) is 17.0. The zero-order valence-corrected chi connectivity index (χ0v) is 19.6. The molecule has 0 spiro atoms. The minimum atomic E-state index is -0.595. The molecule has 3 heterocycles. The molecule has 8 heteroatoms. The van der Waals surface area contributed by atoms with E-state index < -0.39 is 6.04 Å². The van der Waals surface area contributed by atoms with Gasteiger partial charge in [0, 0.05) is 29.5 Å². The van der Waals surface area contributed by atoms with Crippen LogP contribution in [0.3, 0.4) is 0 Å². The molecule has 5 rings (SSSR count). The number of hydrogen-bond acceptors (Lipinski definition) is 5. The summed E-state index contributed by atoms with van der Waals surface area (Å²) in [5.41, 5.74) is 2.65. The van der Waals surface area contributed by atoms with Crippen LogP contribution in [0.25, 0.3) is 33.3 Å². The van der Waals surface area contributed by atoms with Crippen LogP contribution in [0.1, 0.15) is 36.5 Å². The number of hydrogen-bond donors (Lipinski definition) is 3. The van der Waals surface area contributed by atoms with Gasteiger partial charge < -0.3 is 15.3 Å². The van der Waals surface area contributed by atoms with Gasteiger partial charge in [-0.05, 0) is 42.0 Å². The lowest BCUT2D eigenvalue weighted by molar-refractivity contribution is -0.120. The Labute approximate surface area is 202 Å². The highest BCUT2D eigenvalue weighted by molar-refractivity contribution is 6.00. The van der Waals surface area contributed by atoms with E-state index in [1.165, 1.54) is 0 Å². The van der Waals surface area contributed by atoms with Crippen molar-refractivity contribution in [1.82, 2.24) is 30.2 Å². The summed E-state index contributed by atoms with van der Waals surface area (Å²) in [6.07, 6.45) is 5.81. The molecular formula is C27H26N6O2. The van der Waals surface area contributed by atoms with E-state index in [2.05, 4.69) is 30.2 Å². The molecule has 0 aliphatic carbocycles. The number of carbonyl (C=O) groups excluding carboxylic acids is 2. The minimum absolute atomic E-state index is 0.0747. The van der Waals surface area contributed by atoms with Gasteiger partial charge in [0.25, 0.3) is 5.91 Å². The van der Waals surface area contributed by atoms with Gasteiger partial charge in [0.05, 0.1) is 23.5 Å². The first-order valence-corrected chi connectivity index (χ1v) is 11.6. The Balaban J connectivity index is 1.37. The summed E-state index contributed by atoms with van der Waals surface area (Å²) in [5, 5.41) is 5.06. The fraction of sp³-hybridized carbons (Fsp3) is 0.222. The van der Waals surface area contributed by atoms with Gasteiger partial charge in [-0.25, -0.2) is 9.97 Å². The molecular weight excluding hydrogens is 440 g/mol. The molecule has 0 saturated carbocycles. The number of nitrogens with zero attached hydrogens (tertiary/aromatic N) is 3. The van der Waals surface area contributed by atoms with Crippen LogP contribution in [-0.4, -0.2) is 42.7 Å². The summed E-state index contributed by atoms with van der Waals surface area (Å²) in [4.78, 5) is 45.5. The predicted octanol–water partition coefficient (Wildman–Crippen LogP) is 4.46. The van der Waals surface area contributed by atoms with Gasteiger partial charge in [-0.15, -0.1) is 0 Å². The first kappa shape index (κ1) is 22.5. The Morgan fingerprint density at radius 1 is 1.03 bits per heavy atom. The number of H-pyrrole nitrogens is 2. The number of aromatic amines is 2. The van der Waals surface area contributed by atoms with Gasteiger partial charge in [0.15, 0.2) is 11.6 Å². The quantitative estimate of drug-likeness (QED) is 0.312. The molecule has 1 atom stereocenters. The van der Waals surface area contributed by atoms with E-state index in [-0.39, 0.29) is 24.0 Å². The second kappa shape index (κ2) is 9.50. The molecule has 0 aliphatic heterocycles. The first-order valence-electron chi connectivity index (χ1n) is 11.6. The molecule has 0 unspecified atom stereocenters. The molecule has 3 N–H and O–H groups in total. The van der Waals surface area contributed by atoms with Crippen molar-refractivity contribution in [3.63, 3.8) is 0 Å². The molecule has 0 aliphatic rings. The fourth-order valence-corrected chi connectivity index (χ4v) is 4.15. The average Bonchev–Trinajstić information content (AvgIpc) is 3.52. The molecule has 0 bridgehead atoms. The number of imidazole rings is 2. The lowest BCUT2D eigenvalue weighted by Gasteiger charge is -2.19. The number of ketones is 1. The van der Waals surface area contributed by atoms with E-state index in [1.807, 2.05) is 50.4 Å². The lowest BCUT2D eigenvalue weighted by Crippen LogP contribution is -2.42. The van der Waals surface area contributed by atoms with E-state index in [1.54, 1.807) is 30.6 Å². The van der Waals surface area contributed by atoms with E-state index in [4.69, 9.17) is 0 Å². The van der Waals surface area contributed by atoms with Gasteiger partial charge in [-0.2, -0.15) is 0 Å². The maximum atomic E-state index is 13.1. The number of amides is 1. The Hall–Kier alpha value is -4.33. The molecule has 2 aromatic carbocycles. The fourth-order valence-electron chi connectivity index (χ4n) is 4.15. The van der Waals surface area contributed by atoms with Crippen LogP contribution < -0.4 is 5.32 Å². The minimum Gasteiger partial charge on any atom is -0.348 e. The second-order valence-corrected chi connectivity index (χ2v) is 9.07. The monoisotopic (exact) mass is 466 g/mol. The summed E-state index contributed by atoms with van der Waals surface area (Å²) in [6.45, 7) is 4.05. The Bertz CT molecular complexity index is 1500. The number of aromatic nitrogens is 5. The molecule has 35 heavy (non-hydrogen) atoms. The van der Waals surface area contributed by atoms with Crippen molar-refractivity contribution in [3.05, 3.63) is 78.5 Å². The highest BCUT2D eigenvalue weighted by atomic mass is 16.2. The van der Waals surface area contributed by atoms with E-state index >= 15 is 0 Å². The van der Waals surface area contributed by atoms with Crippen molar-refractivity contribution in [2.75, 3.05) is 0 Å². The predicted molar refractivity (Wildman–Crippen MR) is 135 cm³/mol. The smallest absolute Gasteiger partial charge is 0.251 e. The van der Waals surface area contributed by atoms with Crippen molar-refractivity contribution < 1.29 is 9.59 Å². The summed E-state index contributed by atoms with van der Waals surface area (Å²) in [5.74, 6) is 1.09. The van der Waals surface area contributed by atoms with Gasteiger partial charge in [-0.1, -0.05) is 38.1 Å². The molecule has 5 aromatic rings. The van der Waals surface area contributed by atoms with E-state index in [0.717, 1.165) is 27.5 Å². The topological polar surface area (TPSA) is 116 Å². The third-order valence-corrected chi connectivity index (χ3v) is 5.92. The molecule has 3 aromatic heterocycles. The van der Waals surface area contributed by atoms with E-state index in [9.17, 15) is 9.59 Å². The maximum Gasteiger partial charge on any atom is 0.251 e. The number of nitrogens with one attached hydrogen (secondary N) is 3. The lowest BCUT2D eigenvalue weighted by atomic mass is 9.98. The highest BCUT2D eigenvalue weighted by Gasteiger charge is 2.23. The molecule has 0 radical (unpaired) electrons. The van der Waals surface area contributed by atoms with Crippen LogP contribution in [0.5, 0.6) is 0 Å². The second-order valence-electron chi connectivity index (χ2n) is 9.07. The SMILES string of the molecule is CC(C)C[C@H](NC(=O)c1ccc2nc(-c3cc4ccccc4cn3)[nH]c2c1)C(=O)Cc1ncc[nH]1. The maximum absolute atomic E-state index is 13.1. The molecule has 0 fully saturated rings. The number of rotatable bonds is 8. The molecule has 1 amide bonds. The largest absolute Gasteiger partial charge is 0.348 e. The normalized spacial score (nSPS) is 12.3. The van der Waals surface area contributed by atoms with Crippen molar-refractivity contribution in [1.29, 1.82) is 0 Å². The number of fused-ring (bicyclic) bond motifs is 2. The van der Waals surface area contributed by atoms with Crippen LogP contribution in [0.15, 0.2) is 67.1 Å². The van der Waals surface area contributed by atoms with Crippen molar-refractivity contribution in [2.45, 2.75) is 32.7 Å². The van der Waals surface area contributed by atoms with Crippen LogP contribution in [0.2, 0.25) is 0 Å². The summed E-state index contributed by atoms with van der Waals surface area (Å²) >= 11 is 0. The van der Waals surface area contributed by atoms with Gasteiger partial charge >= 0.3 is 0 Å².